The van der Waals surface area contributed by atoms with Crippen LogP contribution in [0.4, 0.5) is 0 Å². The molecule has 1 aromatic carbocycles. The number of nitrogens with zero attached hydrogens (tertiary/aromatic N) is 1. The molecule has 1 heteroatoms. The Morgan fingerprint density at radius 1 is 1.20 bits per heavy atom. The van der Waals surface area contributed by atoms with E-state index in [1.165, 1.54) is 11.1 Å². The van der Waals surface area contributed by atoms with Crippen LogP contribution in [0.2, 0.25) is 0 Å². The minimum absolute atomic E-state index is 0.197. The molecule has 0 saturated carbocycles. The molecule has 82 valence electrons. The Labute approximate surface area is 93.4 Å². The van der Waals surface area contributed by atoms with E-state index < -0.39 is 0 Å². The first kappa shape index (κ1) is 11.8. The summed E-state index contributed by atoms with van der Waals surface area (Å²) in [5.41, 5.74) is 3.80. The molecule has 0 heterocycles. The van der Waals surface area contributed by atoms with Crippen molar-refractivity contribution in [2.24, 2.45) is 0 Å². The van der Waals surface area contributed by atoms with Gasteiger partial charge in [-0.2, -0.15) is 0 Å². The van der Waals surface area contributed by atoms with Crippen molar-refractivity contribution in [3.63, 3.8) is 0 Å². The molecule has 0 aliphatic carbocycles. The molecule has 0 fully saturated rings. The summed E-state index contributed by atoms with van der Waals surface area (Å²) in [7, 11) is 4.04. The fourth-order valence-electron chi connectivity index (χ4n) is 1.42. The zero-order valence-electron chi connectivity index (χ0n) is 10.5. The van der Waals surface area contributed by atoms with Gasteiger partial charge in [-0.05, 0) is 22.6 Å². The van der Waals surface area contributed by atoms with Crippen LogP contribution in [-0.4, -0.2) is 19.0 Å². The first-order chi connectivity index (χ1) is 6.82. The molecular formula is C14H21N. The van der Waals surface area contributed by atoms with Gasteiger partial charge in [0.25, 0.3) is 0 Å². The number of hydrogen-bond acceptors (Lipinski definition) is 1. The summed E-state index contributed by atoms with van der Waals surface area (Å²) in [6, 6.07) is 8.61. The molecule has 0 radical (unpaired) electrons. The van der Waals surface area contributed by atoms with Gasteiger partial charge in [0, 0.05) is 19.8 Å². The van der Waals surface area contributed by atoms with Crippen molar-refractivity contribution in [2.75, 3.05) is 14.1 Å². The number of benzene rings is 1. The molecule has 1 aromatic rings. The predicted molar refractivity (Wildman–Crippen MR) is 67.9 cm³/mol. The van der Waals surface area contributed by atoms with E-state index in [0.717, 1.165) is 5.70 Å². The molecule has 15 heavy (non-hydrogen) atoms. The predicted octanol–water partition coefficient (Wildman–Crippen LogP) is 3.52. The summed E-state index contributed by atoms with van der Waals surface area (Å²) in [6.07, 6.45) is 0. The van der Waals surface area contributed by atoms with E-state index in [9.17, 15) is 0 Å². The second kappa shape index (κ2) is 4.09. The second-order valence-electron chi connectivity index (χ2n) is 5.17. The molecule has 1 rings (SSSR count). The van der Waals surface area contributed by atoms with E-state index in [2.05, 4.69) is 51.6 Å². The van der Waals surface area contributed by atoms with Gasteiger partial charge in [-0.15, -0.1) is 0 Å². The third-order valence-corrected chi connectivity index (χ3v) is 2.60. The van der Waals surface area contributed by atoms with Gasteiger partial charge in [0.05, 0.1) is 0 Å². The third-order valence-electron chi connectivity index (χ3n) is 2.60. The van der Waals surface area contributed by atoms with E-state index in [1.807, 2.05) is 19.0 Å². The van der Waals surface area contributed by atoms with Gasteiger partial charge < -0.3 is 4.90 Å². The van der Waals surface area contributed by atoms with E-state index in [-0.39, 0.29) is 5.41 Å². The summed E-state index contributed by atoms with van der Waals surface area (Å²) in [4.78, 5) is 2.04. The maximum atomic E-state index is 4.07. The first-order valence-electron chi connectivity index (χ1n) is 5.29. The Kier molecular flexibility index (Phi) is 3.23. The van der Waals surface area contributed by atoms with Crippen LogP contribution in [0, 0.1) is 0 Å². The standard InChI is InChI=1S/C14H21N/c1-11(15(5)6)12-8-7-9-13(10-12)14(2,3)4/h7-10H,1H2,2-6H3. The first-order valence-corrected chi connectivity index (χ1v) is 5.29. The van der Waals surface area contributed by atoms with Gasteiger partial charge in [0.1, 0.15) is 0 Å². The van der Waals surface area contributed by atoms with E-state index in [4.69, 9.17) is 0 Å². The fourth-order valence-corrected chi connectivity index (χ4v) is 1.42. The van der Waals surface area contributed by atoms with Crippen LogP contribution in [0.1, 0.15) is 31.9 Å². The Morgan fingerprint density at radius 2 is 1.80 bits per heavy atom. The minimum atomic E-state index is 0.197. The topological polar surface area (TPSA) is 3.24 Å². The highest BCUT2D eigenvalue weighted by Crippen LogP contribution is 2.25. The lowest BCUT2D eigenvalue weighted by atomic mass is 9.86. The van der Waals surface area contributed by atoms with Gasteiger partial charge in [0.15, 0.2) is 0 Å². The lowest BCUT2D eigenvalue weighted by Gasteiger charge is -2.22. The van der Waals surface area contributed by atoms with Crippen molar-refractivity contribution < 1.29 is 0 Å². The summed E-state index contributed by atoms with van der Waals surface area (Å²) in [5, 5.41) is 0. The molecule has 0 atom stereocenters. The monoisotopic (exact) mass is 203 g/mol. The van der Waals surface area contributed by atoms with Crippen LogP contribution in [0.5, 0.6) is 0 Å². The van der Waals surface area contributed by atoms with Crippen molar-refractivity contribution in [1.29, 1.82) is 0 Å². The van der Waals surface area contributed by atoms with Crippen LogP contribution in [0.25, 0.3) is 5.70 Å². The van der Waals surface area contributed by atoms with Gasteiger partial charge in [-0.3, -0.25) is 0 Å². The van der Waals surface area contributed by atoms with Gasteiger partial charge in [0.2, 0.25) is 0 Å². The van der Waals surface area contributed by atoms with Crippen molar-refractivity contribution in [2.45, 2.75) is 26.2 Å². The van der Waals surface area contributed by atoms with E-state index in [1.54, 1.807) is 0 Å². The average Bonchev–Trinajstić information content (AvgIpc) is 2.15. The number of rotatable bonds is 2. The third kappa shape index (κ3) is 2.85. The zero-order chi connectivity index (χ0) is 11.6. The Bertz CT molecular complexity index is 356. The van der Waals surface area contributed by atoms with Crippen molar-refractivity contribution in [3.05, 3.63) is 42.0 Å². The Hall–Kier alpha value is -1.24. The highest BCUT2D eigenvalue weighted by molar-refractivity contribution is 5.62. The lowest BCUT2D eigenvalue weighted by Crippen LogP contribution is -2.13. The summed E-state index contributed by atoms with van der Waals surface area (Å²) in [6.45, 7) is 10.8. The Balaban J connectivity index is 3.09. The van der Waals surface area contributed by atoms with Crippen molar-refractivity contribution in [1.82, 2.24) is 4.90 Å². The molecular weight excluding hydrogens is 182 g/mol. The lowest BCUT2D eigenvalue weighted by molar-refractivity contribution is 0.583. The fraction of sp³-hybridized carbons (Fsp3) is 0.429. The molecule has 1 nitrogen and oxygen atoms in total. The van der Waals surface area contributed by atoms with Crippen LogP contribution < -0.4 is 0 Å². The summed E-state index contributed by atoms with van der Waals surface area (Å²) >= 11 is 0. The average molecular weight is 203 g/mol. The van der Waals surface area contributed by atoms with Crippen molar-refractivity contribution >= 4 is 5.70 Å². The molecule has 0 aromatic heterocycles. The van der Waals surface area contributed by atoms with Gasteiger partial charge in [-0.25, -0.2) is 0 Å². The van der Waals surface area contributed by atoms with Crippen LogP contribution in [0.3, 0.4) is 0 Å². The largest absolute Gasteiger partial charge is 0.378 e. The maximum absolute atomic E-state index is 4.07. The molecule has 0 aliphatic rings. The zero-order valence-corrected chi connectivity index (χ0v) is 10.5. The minimum Gasteiger partial charge on any atom is -0.378 e. The van der Waals surface area contributed by atoms with E-state index >= 15 is 0 Å². The van der Waals surface area contributed by atoms with Gasteiger partial charge in [-0.1, -0.05) is 45.5 Å². The molecule has 0 bridgehead atoms. The summed E-state index contributed by atoms with van der Waals surface area (Å²) in [5.74, 6) is 0. The molecule has 0 N–H and O–H groups in total. The smallest absolute Gasteiger partial charge is 0.0361 e. The molecule has 0 saturated heterocycles. The molecule has 0 aliphatic heterocycles. The Morgan fingerprint density at radius 3 is 2.27 bits per heavy atom. The quantitative estimate of drug-likeness (QED) is 0.711. The van der Waals surface area contributed by atoms with Crippen LogP contribution >= 0.6 is 0 Å². The normalized spacial score (nSPS) is 11.3. The molecule has 0 unspecified atom stereocenters. The van der Waals surface area contributed by atoms with Crippen LogP contribution in [-0.2, 0) is 5.41 Å². The highest BCUT2D eigenvalue weighted by atomic mass is 15.1. The second-order valence-corrected chi connectivity index (χ2v) is 5.17. The highest BCUT2D eigenvalue weighted by Gasteiger charge is 2.14. The summed E-state index contributed by atoms with van der Waals surface area (Å²) < 4.78 is 0. The maximum Gasteiger partial charge on any atom is 0.0361 e. The van der Waals surface area contributed by atoms with Crippen molar-refractivity contribution in [3.8, 4) is 0 Å². The molecule has 0 amide bonds. The SMILES string of the molecule is C=C(c1cccc(C(C)(C)C)c1)N(C)C. The molecule has 0 spiro atoms. The number of hydrogen-bond donors (Lipinski definition) is 0. The van der Waals surface area contributed by atoms with Crippen LogP contribution in [0.15, 0.2) is 30.8 Å². The van der Waals surface area contributed by atoms with E-state index in [0.29, 0.717) is 0 Å². The van der Waals surface area contributed by atoms with Gasteiger partial charge >= 0.3 is 0 Å².